The van der Waals surface area contributed by atoms with Crippen molar-refractivity contribution >= 4 is 12.1 Å². The zero-order valence-corrected chi connectivity index (χ0v) is 8.79. The molecule has 0 aliphatic rings. The van der Waals surface area contributed by atoms with E-state index in [4.69, 9.17) is 5.11 Å². The Morgan fingerprint density at radius 3 is 2.47 bits per heavy atom. The van der Waals surface area contributed by atoms with Crippen molar-refractivity contribution in [3.63, 3.8) is 0 Å². The summed E-state index contributed by atoms with van der Waals surface area (Å²) in [5.41, 5.74) is 0. The molecule has 0 aromatic rings. The Morgan fingerprint density at radius 2 is 2.06 bits per heavy atom. The van der Waals surface area contributed by atoms with Gasteiger partial charge in [-0.15, -0.1) is 0 Å². The first-order chi connectivity index (χ1) is 7.76. The van der Waals surface area contributed by atoms with Gasteiger partial charge in [0, 0.05) is 6.42 Å². The predicted molar refractivity (Wildman–Crippen MR) is 51.4 cm³/mol. The van der Waals surface area contributed by atoms with Crippen LogP contribution in [0.3, 0.4) is 0 Å². The van der Waals surface area contributed by atoms with Crippen LogP contribution in [0.25, 0.3) is 0 Å². The Hall–Kier alpha value is -1.73. The Morgan fingerprint density at radius 1 is 1.47 bits per heavy atom. The molecule has 5 nitrogen and oxygen atoms in total. The fourth-order valence-electron chi connectivity index (χ4n) is 0.884. The van der Waals surface area contributed by atoms with Gasteiger partial charge in [-0.05, 0) is 6.42 Å². The van der Waals surface area contributed by atoms with Crippen molar-refractivity contribution in [1.82, 2.24) is 5.32 Å². The lowest BCUT2D eigenvalue weighted by molar-refractivity contribution is -0.145. The van der Waals surface area contributed by atoms with E-state index in [0.29, 0.717) is 0 Å². The van der Waals surface area contributed by atoms with Crippen molar-refractivity contribution in [3.05, 3.63) is 12.7 Å². The molecule has 0 aliphatic carbocycles. The lowest BCUT2D eigenvalue weighted by atomic mass is 10.1. The summed E-state index contributed by atoms with van der Waals surface area (Å²) in [6.07, 6.45) is -6.38. The maximum atomic E-state index is 11.9. The van der Waals surface area contributed by atoms with Gasteiger partial charge in [0.1, 0.15) is 12.6 Å². The number of carboxylic acid groups (broad SMARTS) is 1. The van der Waals surface area contributed by atoms with Crippen LogP contribution in [0.2, 0.25) is 0 Å². The highest BCUT2D eigenvalue weighted by molar-refractivity contribution is 5.79. The Labute approximate surface area is 95.2 Å². The molecule has 0 spiro atoms. The zero-order chi connectivity index (χ0) is 13.5. The number of alkyl carbamates (subject to hydrolysis) is 1. The molecule has 0 saturated heterocycles. The molecule has 8 heteroatoms. The van der Waals surface area contributed by atoms with E-state index >= 15 is 0 Å². The number of rotatable bonds is 6. The molecular weight excluding hydrogens is 243 g/mol. The quantitative estimate of drug-likeness (QED) is 0.708. The number of carbonyl (C=O) groups excluding carboxylic acids is 1. The molecule has 0 rings (SSSR count). The third kappa shape index (κ3) is 8.12. The summed E-state index contributed by atoms with van der Waals surface area (Å²) < 4.78 is 40.0. The average molecular weight is 255 g/mol. The average Bonchev–Trinajstić information content (AvgIpc) is 2.19. The number of halogens is 3. The number of alkyl halides is 3. The van der Waals surface area contributed by atoms with E-state index in [1.165, 1.54) is 6.08 Å². The maximum Gasteiger partial charge on any atom is 0.408 e. The second-order valence-electron chi connectivity index (χ2n) is 3.08. The number of aliphatic carboxylic acids is 1. The fraction of sp³-hybridized carbons (Fsp3) is 0.556. The van der Waals surface area contributed by atoms with E-state index in [2.05, 4.69) is 11.3 Å². The number of hydrogen-bond donors (Lipinski definition) is 2. The van der Waals surface area contributed by atoms with Gasteiger partial charge in [0.25, 0.3) is 0 Å². The number of nitrogens with one attached hydrogen (secondary N) is 1. The normalized spacial score (nSPS) is 12.6. The van der Waals surface area contributed by atoms with Crippen molar-refractivity contribution in [2.24, 2.45) is 0 Å². The smallest absolute Gasteiger partial charge is 0.408 e. The number of hydrogen-bond acceptors (Lipinski definition) is 3. The summed E-state index contributed by atoms with van der Waals surface area (Å²) >= 11 is 0. The largest absolute Gasteiger partial charge is 0.480 e. The maximum absolute atomic E-state index is 11.9. The lowest BCUT2D eigenvalue weighted by Gasteiger charge is -2.15. The van der Waals surface area contributed by atoms with Crippen LogP contribution in [-0.2, 0) is 9.53 Å². The predicted octanol–water partition coefficient (Wildman–Crippen LogP) is 1.69. The summed E-state index contributed by atoms with van der Waals surface area (Å²) in [7, 11) is 0. The Kier molecular flexibility index (Phi) is 6.08. The molecule has 0 saturated carbocycles. The highest BCUT2D eigenvalue weighted by atomic mass is 19.4. The standard InChI is InChI=1S/C9H12F3NO4/c1-2-5-17-8(16)13-6(7(14)15)3-4-9(10,11)12/h2,6H,1,3-5H2,(H,13,16)(H,14,15)/t6-/m1/s1. The topological polar surface area (TPSA) is 75.6 Å². The van der Waals surface area contributed by atoms with Gasteiger partial charge in [-0.1, -0.05) is 12.7 Å². The molecule has 0 unspecified atom stereocenters. The van der Waals surface area contributed by atoms with E-state index in [1.807, 2.05) is 5.32 Å². The van der Waals surface area contributed by atoms with Gasteiger partial charge < -0.3 is 15.2 Å². The van der Waals surface area contributed by atoms with Crippen LogP contribution < -0.4 is 5.32 Å². The monoisotopic (exact) mass is 255 g/mol. The Balaban J connectivity index is 4.20. The minimum absolute atomic E-state index is 0.155. The van der Waals surface area contributed by atoms with E-state index < -0.39 is 37.1 Å². The molecule has 0 bridgehead atoms. The number of carboxylic acids is 1. The minimum atomic E-state index is -4.47. The van der Waals surface area contributed by atoms with Crippen LogP contribution in [-0.4, -0.2) is 36.0 Å². The Bertz CT molecular complexity index is 290. The van der Waals surface area contributed by atoms with Gasteiger partial charge in [-0.25, -0.2) is 9.59 Å². The number of ether oxygens (including phenoxy) is 1. The molecule has 2 N–H and O–H groups in total. The van der Waals surface area contributed by atoms with Crippen LogP contribution in [0.4, 0.5) is 18.0 Å². The van der Waals surface area contributed by atoms with Crippen LogP contribution >= 0.6 is 0 Å². The molecule has 98 valence electrons. The molecule has 0 fully saturated rings. The van der Waals surface area contributed by atoms with Gasteiger partial charge in [0.05, 0.1) is 0 Å². The van der Waals surface area contributed by atoms with Gasteiger partial charge in [0.2, 0.25) is 0 Å². The van der Waals surface area contributed by atoms with Gasteiger partial charge in [-0.3, -0.25) is 0 Å². The fourth-order valence-corrected chi connectivity index (χ4v) is 0.884. The van der Waals surface area contributed by atoms with Crippen LogP contribution in [0.1, 0.15) is 12.8 Å². The van der Waals surface area contributed by atoms with Crippen LogP contribution in [0.5, 0.6) is 0 Å². The van der Waals surface area contributed by atoms with E-state index in [0.717, 1.165) is 0 Å². The molecule has 1 atom stereocenters. The van der Waals surface area contributed by atoms with Crippen molar-refractivity contribution < 1.29 is 32.6 Å². The molecule has 0 radical (unpaired) electrons. The van der Waals surface area contributed by atoms with Crippen molar-refractivity contribution in [1.29, 1.82) is 0 Å². The highest BCUT2D eigenvalue weighted by Gasteiger charge is 2.31. The third-order valence-electron chi connectivity index (χ3n) is 1.64. The van der Waals surface area contributed by atoms with Gasteiger partial charge in [-0.2, -0.15) is 13.2 Å². The second kappa shape index (κ2) is 6.77. The zero-order valence-electron chi connectivity index (χ0n) is 8.79. The lowest BCUT2D eigenvalue weighted by Crippen LogP contribution is -2.41. The van der Waals surface area contributed by atoms with E-state index in [-0.39, 0.29) is 6.61 Å². The first-order valence-corrected chi connectivity index (χ1v) is 4.60. The third-order valence-corrected chi connectivity index (χ3v) is 1.64. The summed E-state index contributed by atoms with van der Waals surface area (Å²) in [5.74, 6) is -1.55. The van der Waals surface area contributed by atoms with Gasteiger partial charge >= 0.3 is 18.2 Å². The molecule has 17 heavy (non-hydrogen) atoms. The molecule has 1 amide bonds. The molecular formula is C9H12F3NO4. The summed E-state index contributed by atoms with van der Waals surface area (Å²) in [4.78, 5) is 21.5. The first-order valence-electron chi connectivity index (χ1n) is 4.60. The van der Waals surface area contributed by atoms with Crippen LogP contribution in [0.15, 0.2) is 12.7 Å². The van der Waals surface area contributed by atoms with Crippen molar-refractivity contribution in [2.45, 2.75) is 25.1 Å². The summed E-state index contributed by atoms with van der Waals surface area (Å²) in [5, 5.41) is 10.4. The summed E-state index contributed by atoms with van der Waals surface area (Å²) in [6.45, 7) is 3.09. The van der Waals surface area contributed by atoms with E-state index in [1.54, 1.807) is 0 Å². The minimum Gasteiger partial charge on any atom is -0.480 e. The molecule has 0 heterocycles. The summed E-state index contributed by atoms with van der Waals surface area (Å²) in [6, 6.07) is -1.63. The van der Waals surface area contributed by atoms with Crippen molar-refractivity contribution in [2.75, 3.05) is 6.61 Å². The van der Waals surface area contributed by atoms with Gasteiger partial charge in [0.15, 0.2) is 0 Å². The highest BCUT2D eigenvalue weighted by Crippen LogP contribution is 2.22. The second-order valence-corrected chi connectivity index (χ2v) is 3.08. The SMILES string of the molecule is C=CCOC(=O)N[C@H](CCC(F)(F)F)C(=O)O. The molecule has 0 aromatic heterocycles. The van der Waals surface area contributed by atoms with E-state index in [9.17, 15) is 22.8 Å². The molecule has 0 aliphatic heterocycles. The number of amides is 1. The number of carbonyl (C=O) groups is 2. The van der Waals surface area contributed by atoms with Crippen LogP contribution in [0, 0.1) is 0 Å². The molecule has 0 aromatic carbocycles. The first kappa shape index (κ1) is 15.3. The van der Waals surface area contributed by atoms with Crippen molar-refractivity contribution in [3.8, 4) is 0 Å².